The van der Waals surface area contributed by atoms with E-state index in [2.05, 4.69) is 41.2 Å². The van der Waals surface area contributed by atoms with Gasteiger partial charge in [-0.1, -0.05) is 42.6 Å². The number of nitrogens with one attached hydrogen (secondary N) is 1. The molecule has 4 heteroatoms. The summed E-state index contributed by atoms with van der Waals surface area (Å²) in [5.74, 6) is 1.56. The average Bonchev–Trinajstić information content (AvgIpc) is 2.92. The van der Waals surface area contributed by atoms with Crippen LogP contribution in [0.2, 0.25) is 0 Å². The van der Waals surface area contributed by atoms with Crippen LogP contribution in [0.5, 0.6) is 11.5 Å². The highest BCUT2D eigenvalue weighted by Crippen LogP contribution is 2.50. The molecule has 0 saturated heterocycles. The lowest BCUT2D eigenvalue weighted by molar-refractivity contribution is 0.224. The van der Waals surface area contributed by atoms with E-state index in [-0.39, 0.29) is 0 Å². The minimum absolute atomic E-state index is 0.304. The molecule has 0 bridgehead atoms. The molecule has 118 valence electrons. The Morgan fingerprint density at radius 2 is 1.76 bits per heavy atom. The van der Waals surface area contributed by atoms with Gasteiger partial charge in [-0.05, 0) is 42.5 Å². The number of halogens is 1. The van der Waals surface area contributed by atoms with E-state index in [1.54, 1.807) is 14.2 Å². The van der Waals surface area contributed by atoms with E-state index in [0.29, 0.717) is 11.5 Å². The average molecular weight is 356 g/mol. The molecule has 0 heterocycles. The highest BCUT2D eigenvalue weighted by molar-refractivity contribution is 9.10. The number of hydrogen-bond donors (Lipinski definition) is 1. The van der Waals surface area contributed by atoms with Gasteiger partial charge in [-0.15, -0.1) is 0 Å². The lowest BCUT2D eigenvalue weighted by atomic mass is 9.77. The minimum atomic E-state index is 0.304. The van der Waals surface area contributed by atoms with E-state index in [4.69, 9.17) is 9.47 Å². The van der Waals surface area contributed by atoms with Crippen LogP contribution in [0, 0.1) is 5.41 Å². The molecule has 1 unspecified atom stereocenters. The smallest absolute Gasteiger partial charge is 0.161 e. The van der Waals surface area contributed by atoms with Crippen molar-refractivity contribution >= 4 is 15.9 Å². The summed E-state index contributed by atoms with van der Waals surface area (Å²) in [7, 11) is 3.36. The predicted octanol–water partition coefficient (Wildman–Crippen LogP) is 4.70. The van der Waals surface area contributed by atoms with Crippen LogP contribution in [0.15, 0.2) is 16.6 Å². The van der Waals surface area contributed by atoms with E-state index < -0.39 is 0 Å². The van der Waals surface area contributed by atoms with E-state index in [1.165, 1.54) is 31.2 Å². The molecule has 0 radical (unpaired) electrons. The molecule has 0 aliphatic heterocycles. The molecular weight excluding hydrogens is 330 g/mol. The fourth-order valence-electron chi connectivity index (χ4n) is 3.50. The van der Waals surface area contributed by atoms with E-state index >= 15 is 0 Å². The molecule has 1 aromatic rings. The molecular formula is C17H26BrNO2. The van der Waals surface area contributed by atoms with Crippen LogP contribution < -0.4 is 14.8 Å². The number of benzene rings is 1. The number of rotatable bonds is 6. The van der Waals surface area contributed by atoms with Gasteiger partial charge in [0.25, 0.3) is 0 Å². The predicted molar refractivity (Wildman–Crippen MR) is 90.2 cm³/mol. The first kappa shape index (κ1) is 16.6. The summed E-state index contributed by atoms with van der Waals surface area (Å²) < 4.78 is 12.0. The summed E-state index contributed by atoms with van der Waals surface area (Å²) in [5, 5.41) is 3.68. The molecule has 1 N–H and O–H groups in total. The number of ether oxygens (including phenoxy) is 2. The molecule has 0 amide bonds. The lowest BCUT2D eigenvalue weighted by Crippen LogP contribution is -2.34. The number of methoxy groups -OCH3 is 2. The third-order valence-corrected chi connectivity index (χ3v) is 5.35. The van der Waals surface area contributed by atoms with Crippen LogP contribution in [-0.4, -0.2) is 20.8 Å². The highest BCUT2D eigenvalue weighted by Gasteiger charge is 2.38. The summed E-state index contributed by atoms with van der Waals surface area (Å²) in [6, 6.07) is 4.45. The molecule has 3 nitrogen and oxygen atoms in total. The molecule has 1 aliphatic rings. The zero-order chi connectivity index (χ0) is 15.5. The standard InChI is InChI=1S/C17H26BrNO2/c1-5-19-16(17(2)8-6-7-9-17)12-10-14(20-3)15(21-4)11-13(12)18/h10-11,16,19H,5-9H2,1-4H3. The fourth-order valence-corrected chi connectivity index (χ4v) is 4.05. The Bertz CT molecular complexity index is 484. The first-order chi connectivity index (χ1) is 10.1. The van der Waals surface area contributed by atoms with Gasteiger partial charge in [-0.3, -0.25) is 0 Å². The summed E-state index contributed by atoms with van der Waals surface area (Å²) in [6.07, 6.45) is 5.18. The largest absolute Gasteiger partial charge is 0.493 e. The van der Waals surface area contributed by atoms with Crippen LogP contribution >= 0.6 is 15.9 Å². The molecule has 1 atom stereocenters. The minimum Gasteiger partial charge on any atom is -0.493 e. The van der Waals surface area contributed by atoms with Gasteiger partial charge in [0.05, 0.1) is 14.2 Å². The van der Waals surface area contributed by atoms with Crippen molar-refractivity contribution in [2.75, 3.05) is 20.8 Å². The quantitative estimate of drug-likeness (QED) is 0.802. The monoisotopic (exact) mass is 355 g/mol. The maximum absolute atomic E-state index is 5.48. The van der Waals surface area contributed by atoms with Crippen molar-refractivity contribution in [3.05, 3.63) is 22.2 Å². The summed E-state index contributed by atoms with van der Waals surface area (Å²) >= 11 is 3.72. The maximum atomic E-state index is 5.48. The lowest BCUT2D eigenvalue weighted by Gasteiger charge is -2.36. The molecule has 1 aromatic carbocycles. The van der Waals surface area contributed by atoms with Crippen molar-refractivity contribution in [3.8, 4) is 11.5 Å². The van der Waals surface area contributed by atoms with Gasteiger partial charge < -0.3 is 14.8 Å². The SMILES string of the molecule is CCNC(c1cc(OC)c(OC)cc1Br)C1(C)CCCC1. The Labute approximate surface area is 136 Å². The molecule has 1 saturated carbocycles. The molecule has 2 rings (SSSR count). The van der Waals surface area contributed by atoms with Gasteiger partial charge in [0.2, 0.25) is 0 Å². The Morgan fingerprint density at radius 1 is 1.19 bits per heavy atom. The second kappa shape index (κ2) is 7.01. The zero-order valence-electron chi connectivity index (χ0n) is 13.5. The second-order valence-electron chi connectivity index (χ2n) is 6.08. The van der Waals surface area contributed by atoms with Gasteiger partial charge in [0.15, 0.2) is 11.5 Å². The van der Waals surface area contributed by atoms with Crippen molar-refractivity contribution in [2.24, 2.45) is 5.41 Å². The third-order valence-electron chi connectivity index (χ3n) is 4.66. The van der Waals surface area contributed by atoms with Gasteiger partial charge in [0.1, 0.15) is 0 Å². The van der Waals surface area contributed by atoms with Crippen LogP contribution in [0.3, 0.4) is 0 Å². The summed E-state index contributed by atoms with van der Waals surface area (Å²) in [4.78, 5) is 0. The Balaban J connectivity index is 2.44. The van der Waals surface area contributed by atoms with Gasteiger partial charge in [0, 0.05) is 10.5 Å². The van der Waals surface area contributed by atoms with Crippen LogP contribution in [0.1, 0.15) is 51.1 Å². The van der Waals surface area contributed by atoms with Crippen molar-refractivity contribution in [1.29, 1.82) is 0 Å². The topological polar surface area (TPSA) is 30.5 Å². The Morgan fingerprint density at radius 3 is 2.29 bits per heavy atom. The first-order valence-corrected chi connectivity index (χ1v) is 8.50. The van der Waals surface area contributed by atoms with Crippen molar-refractivity contribution in [1.82, 2.24) is 5.32 Å². The van der Waals surface area contributed by atoms with Gasteiger partial charge in [-0.25, -0.2) is 0 Å². The fraction of sp³-hybridized carbons (Fsp3) is 0.647. The van der Waals surface area contributed by atoms with Crippen molar-refractivity contribution in [2.45, 2.75) is 45.6 Å². The third kappa shape index (κ3) is 3.37. The number of hydrogen-bond acceptors (Lipinski definition) is 3. The van der Waals surface area contributed by atoms with Gasteiger partial charge in [-0.2, -0.15) is 0 Å². The second-order valence-corrected chi connectivity index (χ2v) is 6.93. The maximum Gasteiger partial charge on any atom is 0.161 e. The first-order valence-electron chi connectivity index (χ1n) is 7.70. The summed E-state index contributed by atoms with van der Waals surface area (Å²) in [5.41, 5.74) is 1.57. The molecule has 0 aromatic heterocycles. The Hall–Kier alpha value is -0.740. The normalized spacial score (nSPS) is 18.5. The van der Waals surface area contributed by atoms with E-state index in [1.807, 2.05) is 6.07 Å². The van der Waals surface area contributed by atoms with Crippen LogP contribution in [0.4, 0.5) is 0 Å². The molecule has 1 fully saturated rings. The van der Waals surface area contributed by atoms with Crippen LogP contribution in [-0.2, 0) is 0 Å². The van der Waals surface area contributed by atoms with E-state index in [0.717, 1.165) is 22.5 Å². The van der Waals surface area contributed by atoms with Crippen LogP contribution in [0.25, 0.3) is 0 Å². The summed E-state index contributed by atoms with van der Waals surface area (Å²) in [6.45, 7) is 5.53. The highest BCUT2D eigenvalue weighted by atomic mass is 79.9. The van der Waals surface area contributed by atoms with Gasteiger partial charge >= 0.3 is 0 Å². The Kier molecular flexibility index (Phi) is 5.55. The van der Waals surface area contributed by atoms with Crippen molar-refractivity contribution in [3.63, 3.8) is 0 Å². The zero-order valence-corrected chi connectivity index (χ0v) is 15.0. The molecule has 21 heavy (non-hydrogen) atoms. The van der Waals surface area contributed by atoms with Crippen molar-refractivity contribution < 1.29 is 9.47 Å². The van der Waals surface area contributed by atoms with E-state index in [9.17, 15) is 0 Å². The molecule has 0 spiro atoms. The molecule has 1 aliphatic carbocycles.